The maximum atomic E-state index is 11.6. The zero-order valence-corrected chi connectivity index (χ0v) is 10.4. The second-order valence-corrected chi connectivity index (χ2v) is 4.67. The van der Waals surface area contributed by atoms with Crippen molar-refractivity contribution in [2.45, 2.75) is 38.1 Å². The Bertz CT molecular complexity index is 404. The van der Waals surface area contributed by atoms with Gasteiger partial charge in [-0.15, -0.1) is 0 Å². The normalized spacial score (nSPS) is 16.8. The number of carbonyl (C=O) groups excluding carboxylic acids is 1. The van der Waals surface area contributed by atoms with Crippen molar-refractivity contribution in [2.24, 2.45) is 5.73 Å². The summed E-state index contributed by atoms with van der Waals surface area (Å²) in [5.74, 6) is 0. The van der Waals surface area contributed by atoms with Gasteiger partial charge in [0.2, 0.25) is 0 Å². The molecule has 1 aliphatic carbocycles. The first-order chi connectivity index (χ1) is 8.20. The SMILES string of the molecule is NC(=O)N(c1cccnc1Cl)C1CCCCC1. The van der Waals surface area contributed by atoms with Crippen LogP contribution in [0.15, 0.2) is 18.3 Å². The van der Waals surface area contributed by atoms with E-state index in [0.29, 0.717) is 10.8 Å². The van der Waals surface area contributed by atoms with Gasteiger partial charge in [0.05, 0.1) is 5.69 Å². The second-order valence-electron chi connectivity index (χ2n) is 4.31. The molecule has 2 amide bonds. The fourth-order valence-corrected chi connectivity index (χ4v) is 2.60. The van der Waals surface area contributed by atoms with Gasteiger partial charge in [-0.05, 0) is 25.0 Å². The molecule has 92 valence electrons. The van der Waals surface area contributed by atoms with E-state index in [1.807, 2.05) is 0 Å². The number of halogens is 1. The number of hydrogen-bond acceptors (Lipinski definition) is 2. The van der Waals surface area contributed by atoms with E-state index in [1.165, 1.54) is 6.42 Å². The third-order valence-electron chi connectivity index (χ3n) is 3.18. The smallest absolute Gasteiger partial charge is 0.319 e. The monoisotopic (exact) mass is 253 g/mol. The number of anilines is 1. The van der Waals surface area contributed by atoms with E-state index in [1.54, 1.807) is 23.2 Å². The van der Waals surface area contributed by atoms with Crippen molar-refractivity contribution < 1.29 is 4.79 Å². The van der Waals surface area contributed by atoms with E-state index in [2.05, 4.69) is 4.98 Å². The summed E-state index contributed by atoms with van der Waals surface area (Å²) < 4.78 is 0. The van der Waals surface area contributed by atoms with E-state index >= 15 is 0 Å². The quantitative estimate of drug-likeness (QED) is 0.824. The highest BCUT2D eigenvalue weighted by atomic mass is 35.5. The van der Waals surface area contributed by atoms with Gasteiger partial charge in [0.1, 0.15) is 0 Å². The fraction of sp³-hybridized carbons (Fsp3) is 0.500. The average molecular weight is 254 g/mol. The Balaban J connectivity index is 2.28. The lowest BCUT2D eigenvalue weighted by molar-refractivity contribution is 0.249. The maximum Gasteiger partial charge on any atom is 0.319 e. The maximum absolute atomic E-state index is 11.6. The summed E-state index contributed by atoms with van der Waals surface area (Å²) in [6.45, 7) is 0. The highest BCUT2D eigenvalue weighted by molar-refractivity contribution is 6.32. The van der Waals surface area contributed by atoms with Gasteiger partial charge in [0, 0.05) is 12.2 Å². The molecule has 0 radical (unpaired) electrons. The molecule has 1 aromatic heterocycles. The molecule has 1 fully saturated rings. The molecule has 0 bridgehead atoms. The molecular formula is C12H16ClN3O. The summed E-state index contributed by atoms with van der Waals surface area (Å²) in [6.07, 6.45) is 7.05. The number of carbonyl (C=O) groups is 1. The van der Waals surface area contributed by atoms with Gasteiger partial charge < -0.3 is 5.73 Å². The van der Waals surface area contributed by atoms with Crippen LogP contribution in [-0.2, 0) is 0 Å². The Morgan fingerprint density at radius 3 is 2.71 bits per heavy atom. The molecule has 5 heteroatoms. The third kappa shape index (κ3) is 2.69. The van der Waals surface area contributed by atoms with E-state index in [9.17, 15) is 4.79 Å². The molecule has 2 N–H and O–H groups in total. The topological polar surface area (TPSA) is 59.2 Å². The van der Waals surface area contributed by atoms with Crippen molar-refractivity contribution in [1.82, 2.24) is 4.98 Å². The number of hydrogen-bond donors (Lipinski definition) is 1. The van der Waals surface area contributed by atoms with Crippen LogP contribution >= 0.6 is 11.6 Å². The fourth-order valence-electron chi connectivity index (χ4n) is 2.39. The van der Waals surface area contributed by atoms with Crippen molar-refractivity contribution in [3.05, 3.63) is 23.5 Å². The van der Waals surface area contributed by atoms with Gasteiger partial charge in [0.15, 0.2) is 5.15 Å². The molecular weight excluding hydrogens is 238 g/mol. The van der Waals surface area contributed by atoms with Crippen molar-refractivity contribution >= 4 is 23.3 Å². The lowest BCUT2D eigenvalue weighted by atomic mass is 9.94. The summed E-state index contributed by atoms with van der Waals surface area (Å²) >= 11 is 6.02. The average Bonchev–Trinajstić information content (AvgIpc) is 2.33. The zero-order chi connectivity index (χ0) is 12.3. The van der Waals surface area contributed by atoms with Crippen LogP contribution in [0.2, 0.25) is 5.15 Å². The van der Waals surface area contributed by atoms with Crippen LogP contribution < -0.4 is 10.6 Å². The standard InChI is InChI=1S/C12H16ClN3O/c13-11-10(7-4-8-15-11)16(12(14)17)9-5-2-1-3-6-9/h4,7-9H,1-3,5-6H2,(H2,14,17). The van der Waals surface area contributed by atoms with Crippen LogP contribution in [0.1, 0.15) is 32.1 Å². The summed E-state index contributed by atoms with van der Waals surface area (Å²) in [6, 6.07) is 3.25. The minimum Gasteiger partial charge on any atom is -0.351 e. The minimum atomic E-state index is -0.452. The molecule has 4 nitrogen and oxygen atoms in total. The lowest BCUT2D eigenvalue weighted by Gasteiger charge is -2.33. The summed E-state index contributed by atoms with van der Waals surface area (Å²) in [5, 5.41) is 0.330. The van der Waals surface area contributed by atoms with Crippen LogP contribution in [-0.4, -0.2) is 17.1 Å². The van der Waals surface area contributed by atoms with Gasteiger partial charge >= 0.3 is 6.03 Å². The predicted molar refractivity (Wildman–Crippen MR) is 68.2 cm³/mol. The highest BCUT2D eigenvalue weighted by Crippen LogP contribution is 2.30. The molecule has 0 spiro atoms. The Labute approximate surface area is 106 Å². The number of amides is 2. The molecule has 1 aliphatic rings. The lowest BCUT2D eigenvalue weighted by Crippen LogP contribution is -2.45. The molecule has 1 heterocycles. The van der Waals surface area contributed by atoms with Crippen LogP contribution in [0.25, 0.3) is 0 Å². The van der Waals surface area contributed by atoms with Gasteiger partial charge in [-0.2, -0.15) is 0 Å². The van der Waals surface area contributed by atoms with Gasteiger partial charge in [0.25, 0.3) is 0 Å². The molecule has 0 atom stereocenters. The first-order valence-electron chi connectivity index (χ1n) is 5.89. The molecule has 17 heavy (non-hydrogen) atoms. The van der Waals surface area contributed by atoms with E-state index in [-0.39, 0.29) is 6.04 Å². The van der Waals surface area contributed by atoms with Crippen LogP contribution in [0.5, 0.6) is 0 Å². The number of primary amides is 1. The number of aromatic nitrogens is 1. The number of nitrogens with two attached hydrogens (primary N) is 1. The number of urea groups is 1. The first kappa shape index (κ1) is 12.2. The summed E-state index contributed by atoms with van der Waals surface area (Å²) in [5.41, 5.74) is 6.09. The zero-order valence-electron chi connectivity index (χ0n) is 9.60. The Morgan fingerprint density at radius 2 is 2.12 bits per heavy atom. The Kier molecular flexibility index (Phi) is 3.84. The minimum absolute atomic E-state index is 0.156. The first-order valence-corrected chi connectivity index (χ1v) is 6.27. The van der Waals surface area contributed by atoms with Gasteiger partial charge in [-0.25, -0.2) is 9.78 Å². The summed E-state index contributed by atoms with van der Waals surface area (Å²) in [7, 11) is 0. The van der Waals surface area contributed by atoms with E-state index in [4.69, 9.17) is 17.3 Å². The molecule has 0 saturated heterocycles. The second kappa shape index (κ2) is 5.36. The molecule has 1 aromatic rings. The Morgan fingerprint density at radius 1 is 1.41 bits per heavy atom. The summed E-state index contributed by atoms with van der Waals surface area (Å²) in [4.78, 5) is 17.2. The molecule has 1 saturated carbocycles. The number of pyridine rings is 1. The number of rotatable bonds is 2. The van der Waals surface area contributed by atoms with Crippen LogP contribution in [0.4, 0.5) is 10.5 Å². The predicted octanol–water partition coefficient (Wildman–Crippen LogP) is 2.95. The van der Waals surface area contributed by atoms with Crippen LogP contribution in [0, 0.1) is 0 Å². The molecule has 0 unspecified atom stereocenters. The largest absolute Gasteiger partial charge is 0.351 e. The van der Waals surface area contributed by atoms with Crippen molar-refractivity contribution in [3.8, 4) is 0 Å². The van der Waals surface area contributed by atoms with E-state index < -0.39 is 6.03 Å². The van der Waals surface area contributed by atoms with Crippen LogP contribution in [0.3, 0.4) is 0 Å². The molecule has 0 aliphatic heterocycles. The van der Waals surface area contributed by atoms with Gasteiger partial charge in [-0.1, -0.05) is 30.9 Å². The van der Waals surface area contributed by atoms with Crippen molar-refractivity contribution in [2.75, 3.05) is 4.90 Å². The molecule has 2 rings (SSSR count). The molecule has 0 aromatic carbocycles. The van der Waals surface area contributed by atoms with E-state index in [0.717, 1.165) is 25.7 Å². The van der Waals surface area contributed by atoms with Gasteiger partial charge in [-0.3, -0.25) is 4.90 Å². The Hall–Kier alpha value is -1.29. The van der Waals surface area contributed by atoms with Crippen molar-refractivity contribution in [3.63, 3.8) is 0 Å². The highest BCUT2D eigenvalue weighted by Gasteiger charge is 2.26. The number of nitrogens with zero attached hydrogens (tertiary/aromatic N) is 2. The van der Waals surface area contributed by atoms with Crippen molar-refractivity contribution in [1.29, 1.82) is 0 Å². The third-order valence-corrected chi connectivity index (χ3v) is 3.47.